The van der Waals surface area contributed by atoms with Crippen molar-refractivity contribution in [1.29, 1.82) is 0 Å². The molecule has 0 spiro atoms. The van der Waals surface area contributed by atoms with Crippen LogP contribution >= 0.6 is 11.8 Å². The predicted octanol–water partition coefficient (Wildman–Crippen LogP) is 13.8. The minimum absolute atomic E-state index is 0.522. The van der Waals surface area contributed by atoms with E-state index in [0.29, 0.717) is 0 Å². The molecule has 0 aromatic heterocycles. The van der Waals surface area contributed by atoms with Gasteiger partial charge < -0.3 is 0 Å². The number of aryl methyl sites for hydroxylation is 2. The van der Waals surface area contributed by atoms with Gasteiger partial charge in [-0.05, 0) is 94.5 Å². The molecule has 0 heterocycles. The van der Waals surface area contributed by atoms with E-state index in [1.54, 1.807) is 0 Å². The zero-order chi connectivity index (χ0) is 37.8. The number of hydrogen-bond acceptors (Lipinski definition) is 1. The third kappa shape index (κ3) is 6.23. The van der Waals surface area contributed by atoms with Crippen molar-refractivity contribution in [2.45, 2.75) is 48.3 Å². The maximum atomic E-state index is 2.38. The van der Waals surface area contributed by atoms with Gasteiger partial charge in [0.15, 0.2) is 0 Å². The van der Waals surface area contributed by atoms with Gasteiger partial charge in [0.25, 0.3) is 0 Å². The summed E-state index contributed by atoms with van der Waals surface area (Å²) in [5, 5.41) is 0. The molecule has 1 heteroatoms. The molecule has 0 atom stereocenters. The highest BCUT2D eigenvalue weighted by Crippen LogP contribution is 2.51. The number of rotatable bonds is 10. The lowest BCUT2D eigenvalue weighted by Crippen LogP contribution is -2.32. The van der Waals surface area contributed by atoms with E-state index in [4.69, 9.17) is 0 Å². The lowest BCUT2D eigenvalue weighted by atomic mass is 9.64. The maximum Gasteiger partial charge on any atom is 0.0704 e. The van der Waals surface area contributed by atoms with Crippen molar-refractivity contribution < 1.29 is 0 Å². The molecular weight excluding hydrogens is 681 g/mol. The Hall–Kier alpha value is -5.89. The Balaban J connectivity index is 1.38. The van der Waals surface area contributed by atoms with Crippen LogP contribution in [0.5, 0.6) is 0 Å². The highest BCUT2D eigenvalue weighted by molar-refractivity contribution is 7.99. The van der Waals surface area contributed by atoms with Gasteiger partial charge in [-0.2, -0.15) is 0 Å². The molecule has 268 valence electrons. The van der Waals surface area contributed by atoms with E-state index < -0.39 is 10.8 Å². The standard InChI is InChI=1S/C54H46S/c1-39-35-37-49(53(43-23-11-5-12-24-43,44-25-13-6-14-26-44)45-27-15-7-16-28-45)41(3)51(39)55-52-40(2)36-38-50(42(52)4)54(46-29-17-8-18-30-46,47-31-19-9-20-32-47)48-33-21-10-22-34-48/h5-38H,1-4H3. The molecule has 0 amide bonds. The minimum Gasteiger partial charge on any atom is -0.0890 e. The average molecular weight is 727 g/mol. The van der Waals surface area contributed by atoms with Gasteiger partial charge >= 0.3 is 0 Å². The zero-order valence-electron chi connectivity index (χ0n) is 32.0. The lowest BCUT2D eigenvalue weighted by molar-refractivity contribution is 0.732. The van der Waals surface area contributed by atoms with Gasteiger partial charge in [0.05, 0.1) is 10.8 Å². The van der Waals surface area contributed by atoms with Crippen LogP contribution in [-0.4, -0.2) is 0 Å². The van der Waals surface area contributed by atoms with Crippen molar-refractivity contribution >= 4 is 11.8 Å². The van der Waals surface area contributed by atoms with Crippen molar-refractivity contribution in [2.75, 3.05) is 0 Å². The molecule has 0 aliphatic heterocycles. The third-order valence-electron chi connectivity index (χ3n) is 11.5. The van der Waals surface area contributed by atoms with Gasteiger partial charge in [0, 0.05) is 9.79 Å². The first-order chi connectivity index (χ1) is 27.0. The second-order valence-corrected chi connectivity index (χ2v) is 15.6. The smallest absolute Gasteiger partial charge is 0.0704 e. The van der Waals surface area contributed by atoms with Crippen LogP contribution in [0.25, 0.3) is 0 Å². The summed E-state index contributed by atoms with van der Waals surface area (Å²) in [6.07, 6.45) is 0. The molecule has 0 aliphatic rings. The second kappa shape index (κ2) is 15.5. The van der Waals surface area contributed by atoms with Gasteiger partial charge in [0.1, 0.15) is 0 Å². The van der Waals surface area contributed by atoms with Crippen LogP contribution in [0.4, 0.5) is 0 Å². The van der Waals surface area contributed by atoms with Crippen molar-refractivity contribution in [3.05, 3.63) is 273 Å². The van der Waals surface area contributed by atoms with Crippen LogP contribution in [0.2, 0.25) is 0 Å². The van der Waals surface area contributed by atoms with Crippen LogP contribution in [-0.2, 0) is 10.8 Å². The van der Waals surface area contributed by atoms with Crippen molar-refractivity contribution in [3.8, 4) is 0 Å². The lowest BCUT2D eigenvalue weighted by Gasteiger charge is -2.39. The summed E-state index contributed by atoms with van der Waals surface area (Å²) < 4.78 is 0. The van der Waals surface area contributed by atoms with E-state index in [0.717, 1.165) is 0 Å². The third-order valence-corrected chi connectivity index (χ3v) is 13.1. The molecule has 8 aromatic carbocycles. The Morgan fingerprint density at radius 2 is 0.491 bits per heavy atom. The van der Waals surface area contributed by atoms with Crippen molar-refractivity contribution in [1.82, 2.24) is 0 Å². The summed E-state index contributed by atoms with van der Waals surface area (Å²) in [5.74, 6) is 0. The van der Waals surface area contributed by atoms with Gasteiger partial charge in [0.2, 0.25) is 0 Å². The summed E-state index contributed by atoms with van der Waals surface area (Å²) >= 11 is 1.93. The molecule has 0 saturated heterocycles. The normalized spacial score (nSPS) is 11.7. The second-order valence-electron chi connectivity index (χ2n) is 14.6. The first-order valence-corrected chi connectivity index (χ1v) is 20.0. The number of hydrogen-bond donors (Lipinski definition) is 0. The first-order valence-electron chi connectivity index (χ1n) is 19.2. The van der Waals surface area contributed by atoms with E-state index in [2.05, 4.69) is 234 Å². The Morgan fingerprint density at radius 3 is 0.709 bits per heavy atom. The predicted molar refractivity (Wildman–Crippen MR) is 233 cm³/mol. The van der Waals surface area contributed by atoms with Crippen molar-refractivity contribution in [3.63, 3.8) is 0 Å². The maximum absolute atomic E-state index is 2.38. The summed E-state index contributed by atoms with van der Waals surface area (Å²) in [5.41, 5.74) is 14.2. The van der Waals surface area contributed by atoms with Crippen LogP contribution < -0.4 is 0 Å². The van der Waals surface area contributed by atoms with Crippen LogP contribution in [0.3, 0.4) is 0 Å². The molecule has 0 nitrogen and oxygen atoms in total. The molecule has 0 aliphatic carbocycles. The molecular formula is C54H46S. The molecule has 8 rings (SSSR count). The number of benzene rings is 8. The average Bonchev–Trinajstić information content (AvgIpc) is 3.25. The summed E-state index contributed by atoms with van der Waals surface area (Å²) in [6, 6.07) is 75.7. The summed E-state index contributed by atoms with van der Waals surface area (Å²) in [4.78, 5) is 2.61. The molecule has 0 bridgehead atoms. The first kappa shape index (κ1) is 36.1. The summed E-state index contributed by atoms with van der Waals surface area (Å²) in [6.45, 7) is 9.21. The molecule has 0 radical (unpaired) electrons. The highest BCUT2D eigenvalue weighted by Gasteiger charge is 2.41. The van der Waals surface area contributed by atoms with E-state index in [-0.39, 0.29) is 0 Å². The molecule has 0 unspecified atom stereocenters. The Labute approximate surface area is 331 Å². The van der Waals surface area contributed by atoms with Crippen LogP contribution in [0.1, 0.15) is 66.8 Å². The van der Waals surface area contributed by atoms with Gasteiger partial charge in [-0.1, -0.05) is 218 Å². The topological polar surface area (TPSA) is 0 Å². The molecule has 8 aromatic rings. The van der Waals surface area contributed by atoms with Crippen LogP contribution in [0.15, 0.2) is 216 Å². The van der Waals surface area contributed by atoms with Crippen LogP contribution in [0, 0.1) is 27.7 Å². The fourth-order valence-electron chi connectivity index (χ4n) is 8.94. The largest absolute Gasteiger partial charge is 0.0890 e. The monoisotopic (exact) mass is 726 g/mol. The van der Waals surface area contributed by atoms with Crippen molar-refractivity contribution in [2.24, 2.45) is 0 Å². The molecule has 0 N–H and O–H groups in total. The molecule has 0 fully saturated rings. The SMILES string of the molecule is Cc1ccc(C(c2ccccc2)(c2ccccc2)c2ccccc2)c(C)c1Sc1c(C)ccc(C(c2ccccc2)(c2ccccc2)c2ccccc2)c1C. The zero-order valence-corrected chi connectivity index (χ0v) is 32.9. The van der Waals surface area contributed by atoms with Gasteiger partial charge in [-0.15, -0.1) is 0 Å². The quantitative estimate of drug-likeness (QED) is 0.126. The Morgan fingerprint density at radius 1 is 0.273 bits per heavy atom. The van der Waals surface area contributed by atoms with E-state index in [1.807, 2.05) is 11.8 Å². The van der Waals surface area contributed by atoms with E-state index >= 15 is 0 Å². The summed E-state index contributed by atoms with van der Waals surface area (Å²) in [7, 11) is 0. The minimum atomic E-state index is -0.522. The fourth-order valence-corrected chi connectivity index (χ4v) is 10.1. The Kier molecular flexibility index (Phi) is 10.1. The van der Waals surface area contributed by atoms with Gasteiger partial charge in [-0.3, -0.25) is 0 Å². The molecule has 55 heavy (non-hydrogen) atoms. The Bertz CT molecular complexity index is 2130. The highest BCUT2D eigenvalue weighted by atomic mass is 32.2. The fraction of sp³-hybridized carbons (Fsp3) is 0.111. The van der Waals surface area contributed by atoms with E-state index in [9.17, 15) is 0 Å². The van der Waals surface area contributed by atoms with Gasteiger partial charge in [-0.25, -0.2) is 0 Å². The molecule has 0 saturated carbocycles. The van der Waals surface area contributed by atoms with E-state index in [1.165, 1.54) is 76.6 Å².